The molecule has 0 saturated carbocycles. The number of ketones is 1. The largest absolute Gasteiger partial charge is 0.356 e. The highest BCUT2D eigenvalue weighted by atomic mass is 16.1. The average Bonchev–Trinajstić information content (AvgIpc) is 2.52. The molecule has 0 saturated heterocycles. The summed E-state index contributed by atoms with van der Waals surface area (Å²) < 4.78 is 0. The van der Waals surface area contributed by atoms with Gasteiger partial charge in [0, 0.05) is 18.3 Å². The minimum Gasteiger partial charge on any atom is -0.356 e. The summed E-state index contributed by atoms with van der Waals surface area (Å²) in [5, 5.41) is 0. The van der Waals surface area contributed by atoms with Crippen LogP contribution in [0.1, 0.15) is 36.3 Å². The van der Waals surface area contributed by atoms with Crippen LogP contribution in [0.3, 0.4) is 0 Å². The fourth-order valence-electron chi connectivity index (χ4n) is 2.57. The number of carbonyl (C=O) groups is 1. The highest BCUT2D eigenvalue weighted by molar-refractivity contribution is 6.08. The first-order valence-electron chi connectivity index (χ1n) is 5.56. The van der Waals surface area contributed by atoms with Crippen LogP contribution in [0.5, 0.6) is 0 Å². The van der Waals surface area contributed by atoms with E-state index in [2.05, 4.69) is 23.8 Å². The molecular weight excluding hydrogens is 200 g/mol. The predicted molar refractivity (Wildman–Crippen MR) is 62.5 cm³/mol. The van der Waals surface area contributed by atoms with Crippen molar-refractivity contribution in [3.63, 3.8) is 0 Å². The summed E-state index contributed by atoms with van der Waals surface area (Å²) in [4.78, 5) is 19.7. The van der Waals surface area contributed by atoms with Gasteiger partial charge < -0.3 is 4.98 Å². The second-order valence-electron chi connectivity index (χ2n) is 5.32. The van der Waals surface area contributed by atoms with Crippen LogP contribution in [0.15, 0.2) is 18.3 Å². The van der Waals surface area contributed by atoms with Gasteiger partial charge in [-0.05, 0) is 24.0 Å². The molecule has 0 unspecified atom stereocenters. The molecule has 82 valence electrons. The summed E-state index contributed by atoms with van der Waals surface area (Å²) in [6.07, 6.45) is 3.28. The van der Waals surface area contributed by atoms with Crippen molar-refractivity contribution in [2.75, 3.05) is 0 Å². The molecule has 1 aliphatic carbocycles. The number of aromatic amines is 1. The molecule has 2 heterocycles. The van der Waals surface area contributed by atoms with E-state index in [4.69, 9.17) is 0 Å². The molecule has 3 nitrogen and oxygen atoms in total. The third-order valence-electron chi connectivity index (χ3n) is 3.21. The van der Waals surface area contributed by atoms with Crippen molar-refractivity contribution in [2.45, 2.75) is 26.7 Å². The number of hydrogen-bond acceptors (Lipinski definition) is 2. The van der Waals surface area contributed by atoms with Gasteiger partial charge in [0.2, 0.25) is 0 Å². The maximum absolute atomic E-state index is 12.1. The van der Waals surface area contributed by atoms with E-state index >= 15 is 0 Å². The van der Waals surface area contributed by atoms with Gasteiger partial charge in [-0.3, -0.25) is 9.78 Å². The summed E-state index contributed by atoms with van der Waals surface area (Å²) in [5.41, 5.74) is 3.73. The van der Waals surface area contributed by atoms with Gasteiger partial charge in [0.15, 0.2) is 5.78 Å². The Morgan fingerprint density at radius 2 is 2.19 bits per heavy atom. The second kappa shape index (κ2) is 2.94. The third-order valence-corrected chi connectivity index (χ3v) is 3.21. The number of aromatic nitrogens is 2. The normalized spacial score (nSPS) is 18.8. The molecule has 0 amide bonds. The van der Waals surface area contributed by atoms with Crippen molar-refractivity contribution in [1.29, 1.82) is 0 Å². The molecule has 0 spiro atoms. The Kier molecular flexibility index (Phi) is 1.76. The molecule has 0 bridgehead atoms. The van der Waals surface area contributed by atoms with Crippen LogP contribution in [0.2, 0.25) is 0 Å². The van der Waals surface area contributed by atoms with Gasteiger partial charge in [0.1, 0.15) is 0 Å². The van der Waals surface area contributed by atoms with Crippen molar-refractivity contribution in [1.82, 2.24) is 9.97 Å². The van der Waals surface area contributed by atoms with Crippen LogP contribution in [0.25, 0.3) is 11.0 Å². The zero-order valence-corrected chi connectivity index (χ0v) is 9.50. The van der Waals surface area contributed by atoms with E-state index in [1.54, 1.807) is 6.20 Å². The summed E-state index contributed by atoms with van der Waals surface area (Å²) in [6, 6.07) is 3.86. The number of nitrogens with one attached hydrogen (secondary N) is 1. The Labute approximate surface area is 93.9 Å². The smallest absolute Gasteiger partial charge is 0.167 e. The van der Waals surface area contributed by atoms with Gasteiger partial charge in [-0.15, -0.1) is 0 Å². The van der Waals surface area contributed by atoms with Crippen LogP contribution >= 0.6 is 0 Å². The third kappa shape index (κ3) is 1.28. The van der Waals surface area contributed by atoms with Gasteiger partial charge in [-0.25, -0.2) is 0 Å². The van der Waals surface area contributed by atoms with Gasteiger partial charge in [0.25, 0.3) is 0 Å². The maximum Gasteiger partial charge on any atom is 0.167 e. The summed E-state index contributed by atoms with van der Waals surface area (Å²) >= 11 is 0. The lowest BCUT2D eigenvalue weighted by atomic mass is 9.76. The number of carbonyl (C=O) groups excluding carboxylic acids is 1. The van der Waals surface area contributed by atoms with Crippen LogP contribution in [-0.2, 0) is 6.42 Å². The first kappa shape index (κ1) is 9.58. The average molecular weight is 214 g/mol. The highest BCUT2D eigenvalue weighted by Crippen LogP contribution is 2.36. The van der Waals surface area contributed by atoms with Crippen molar-refractivity contribution >= 4 is 16.8 Å². The van der Waals surface area contributed by atoms with Crippen molar-refractivity contribution in [3.05, 3.63) is 29.6 Å². The van der Waals surface area contributed by atoms with E-state index in [1.165, 1.54) is 0 Å². The van der Waals surface area contributed by atoms with Gasteiger partial charge in [-0.1, -0.05) is 13.8 Å². The van der Waals surface area contributed by atoms with E-state index in [9.17, 15) is 4.79 Å². The Morgan fingerprint density at radius 3 is 3.00 bits per heavy atom. The van der Waals surface area contributed by atoms with E-state index in [0.29, 0.717) is 6.42 Å². The zero-order valence-electron chi connectivity index (χ0n) is 9.50. The lowest BCUT2D eigenvalue weighted by Crippen LogP contribution is -2.26. The molecule has 3 heteroatoms. The molecule has 3 rings (SSSR count). The van der Waals surface area contributed by atoms with Gasteiger partial charge >= 0.3 is 0 Å². The highest BCUT2D eigenvalue weighted by Gasteiger charge is 2.33. The molecule has 16 heavy (non-hydrogen) atoms. The monoisotopic (exact) mass is 214 g/mol. The lowest BCUT2D eigenvalue weighted by molar-refractivity contribution is 0.0913. The molecule has 2 aromatic rings. The molecule has 0 radical (unpaired) electrons. The minimum atomic E-state index is 0.0605. The SMILES string of the molecule is CC1(C)CC(=O)c2c([nH]c3cccnc23)C1. The first-order valence-corrected chi connectivity index (χ1v) is 5.56. The van der Waals surface area contributed by atoms with E-state index in [1.807, 2.05) is 12.1 Å². The Hall–Kier alpha value is -1.64. The Morgan fingerprint density at radius 1 is 1.38 bits per heavy atom. The quantitative estimate of drug-likeness (QED) is 0.732. The molecular formula is C13H14N2O. The maximum atomic E-state index is 12.1. The molecule has 0 aliphatic heterocycles. The number of hydrogen-bond donors (Lipinski definition) is 1. The van der Waals surface area contributed by atoms with Crippen molar-refractivity contribution < 1.29 is 4.79 Å². The van der Waals surface area contributed by atoms with Crippen molar-refractivity contribution in [3.8, 4) is 0 Å². The first-order chi connectivity index (χ1) is 7.57. The molecule has 0 aromatic carbocycles. The summed E-state index contributed by atoms with van der Waals surface area (Å²) in [6.45, 7) is 4.26. The fourth-order valence-corrected chi connectivity index (χ4v) is 2.57. The summed E-state index contributed by atoms with van der Waals surface area (Å²) in [7, 11) is 0. The number of fused-ring (bicyclic) bond motifs is 3. The zero-order chi connectivity index (χ0) is 11.3. The Balaban J connectivity index is 2.29. The topological polar surface area (TPSA) is 45.8 Å². The number of nitrogens with zero attached hydrogens (tertiary/aromatic N) is 1. The van der Waals surface area contributed by atoms with Crippen LogP contribution in [-0.4, -0.2) is 15.8 Å². The van der Waals surface area contributed by atoms with E-state index in [0.717, 1.165) is 28.7 Å². The van der Waals surface area contributed by atoms with Crippen molar-refractivity contribution in [2.24, 2.45) is 5.41 Å². The molecule has 2 aromatic heterocycles. The molecule has 1 N–H and O–H groups in total. The minimum absolute atomic E-state index is 0.0605. The number of pyridine rings is 1. The summed E-state index contributed by atoms with van der Waals surface area (Å²) in [5.74, 6) is 0.219. The van der Waals surface area contributed by atoms with E-state index in [-0.39, 0.29) is 11.2 Å². The van der Waals surface area contributed by atoms with Crippen LogP contribution < -0.4 is 0 Å². The molecule has 0 fully saturated rings. The van der Waals surface area contributed by atoms with Gasteiger partial charge in [-0.2, -0.15) is 0 Å². The number of rotatable bonds is 0. The predicted octanol–water partition coefficient (Wildman–Crippen LogP) is 2.72. The fraction of sp³-hybridized carbons (Fsp3) is 0.385. The van der Waals surface area contributed by atoms with E-state index < -0.39 is 0 Å². The van der Waals surface area contributed by atoms with Crippen LogP contribution in [0.4, 0.5) is 0 Å². The second-order valence-corrected chi connectivity index (χ2v) is 5.32. The van der Waals surface area contributed by atoms with Gasteiger partial charge in [0.05, 0.1) is 16.6 Å². The Bertz CT molecular complexity index is 581. The number of H-pyrrole nitrogens is 1. The molecule has 0 atom stereocenters. The van der Waals surface area contributed by atoms with Crippen LogP contribution in [0, 0.1) is 5.41 Å². The standard InChI is InChI=1S/C13H14N2O/c1-13(2)6-9-11(10(16)7-13)12-8(15-9)4-3-5-14-12/h3-5,15H,6-7H2,1-2H3. The lowest BCUT2D eigenvalue weighted by Gasteiger charge is -2.27. The molecule has 1 aliphatic rings. The number of Topliss-reactive ketones (excluding diaryl/α,β-unsaturated/α-hetero) is 1.